The van der Waals surface area contributed by atoms with Crippen LogP contribution in [0.1, 0.15) is 12.5 Å². The molecule has 1 aromatic heterocycles. The molecule has 8 heteroatoms. The number of nitrogens with one attached hydrogen (secondary N) is 3. The summed E-state index contributed by atoms with van der Waals surface area (Å²) in [5.41, 5.74) is 1.89. The number of benzene rings is 2. The molecule has 0 saturated heterocycles. The van der Waals surface area contributed by atoms with Crippen molar-refractivity contribution in [2.75, 3.05) is 11.3 Å². The molecule has 3 N–H and O–H groups in total. The van der Waals surface area contributed by atoms with Crippen molar-refractivity contribution in [3.05, 3.63) is 52.4 Å². The molecule has 3 rings (SSSR count). The van der Waals surface area contributed by atoms with Gasteiger partial charge in [0.1, 0.15) is 5.75 Å². The first-order valence-electron chi connectivity index (χ1n) is 7.37. The van der Waals surface area contributed by atoms with Crippen molar-refractivity contribution in [1.82, 2.24) is 9.97 Å². The van der Waals surface area contributed by atoms with E-state index in [0.29, 0.717) is 29.1 Å². The van der Waals surface area contributed by atoms with E-state index in [2.05, 4.69) is 14.7 Å². The minimum atomic E-state index is -3.76. The highest BCUT2D eigenvalue weighted by Crippen LogP contribution is 2.24. The van der Waals surface area contributed by atoms with Gasteiger partial charge < -0.3 is 14.7 Å². The lowest BCUT2D eigenvalue weighted by Crippen LogP contribution is -2.13. The van der Waals surface area contributed by atoms with Crippen molar-refractivity contribution in [3.63, 3.8) is 0 Å². The predicted octanol–water partition coefficient (Wildman–Crippen LogP) is 2.36. The van der Waals surface area contributed by atoms with Crippen molar-refractivity contribution in [3.8, 4) is 5.75 Å². The second-order valence-electron chi connectivity index (χ2n) is 5.31. The van der Waals surface area contributed by atoms with Gasteiger partial charge >= 0.3 is 5.69 Å². The Balaban J connectivity index is 1.92. The average Bonchev–Trinajstić information content (AvgIpc) is 2.89. The van der Waals surface area contributed by atoms with E-state index in [4.69, 9.17) is 4.74 Å². The second-order valence-corrected chi connectivity index (χ2v) is 6.99. The zero-order chi connectivity index (χ0) is 17.3. The molecule has 24 heavy (non-hydrogen) atoms. The average molecular weight is 347 g/mol. The highest BCUT2D eigenvalue weighted by Gasteiger charge is 2.16. The number of aromatic nitrogens is 2. The van der Waals surface area contributed by atoms with E-state index in [1.165, 1.54) is 12.1 Å². The Labute approximate surface area is 138 Å². The molecule has 1 heterocycles. The van der Waals surface area contributed by atoms with Gasteiger partial charge in [-0.2, -0.15) is 0 Å². The molecule has 2 aromatic carbocycles. The van der Waals surface area contributed by atoms with Crippen LogP contribution in [0.25, 0.3) is 11.0 Å². The van der Waals surface area contributed by atoms with Gasteiger partial charge in [-0.25, -0.2) is 13.2 Å². The Kier molecular flexibility index (Phi) is 4.06. The number of hydrogen-bond donors (Lipinski definition) is 3. The molecule has 0 atom stereocenters. The normalized spacial score (nSPS) is 11.6. The highest BCUT2D eigenvalue weighted by atomic mass is 32.2. The Morgan fingerprint density at radius 2 is 1.83 bits per heavy atom. The maximum atomic E-state index is 12.5. The Morgan fingerprint density at radius 3 is 2.54 bits per heavy atom. The monoisotopic (exact) mass is 347 g/mol. The molecule has 0 unspecified atom stereocenters. The van der Waals surface area contributed by atoms with Gasteiger partial charge in [0.15, 0.2) is 0 Å². The van der Waals surface area contributed by atoms with E-state index in [-0.39, 0.29) is 10.6 Å². The first-order chi connectivity index (χ1) is 11.4. The lowest BCUT2D eigenvalue weighted by atomic mass is 10.2. The summed E-state index contributed by atoms with van der Waals surface area (Å²) in [6.45, 7) is 4.28. The molecular weight excluding hydrogens is 330 g/mol. The molecule has 0 radical (unpaired) electrons. The maximum Gasteiger partial charge on any atom is 0.323 e. The van der Waals surface area contributed by atoms with Crippen LogP contribution in [0.15, 0.2) is 46.1 Å². The number of H-pyrrole nitrogens is 2. The lowest BCUT2D eigenvalue weighted by Gasteiger charge is -2.11. The number of hydrogen-bond acceptors (Lipinski definition) is 4. The fourth-order valence-corrected chi connectivity index (χ4v) is 3.50. The van der Waals surface area contributed by atoms with E-state index in [9.17, 15) is 13.2 Å². The van der Waals surface area contributed by atoms with E-state index in [1.807, 2.05) is 13.8 Å². The summed E-state index contributed by atoms with van der Waals surface area (Å²) in [4.78, 5) is 16.5. The molecule has 0 aliphatic carbocycles. The molecule has 0 bridgehead atoms. The fraction of sp³-hybridized carbons (Fsp3) is 0.188. The van der Waals surface area contributed by atoms with Crippen LogP contribution < -0.4 is 15.1 Å². The number of aryl methyl sites for hydroxylation is 1. The molecule has 126 valence electrons. The van der Waals surface area contributed by atoms with Gasteiger partial charge in [-0.05, 0) is 55.8 Å². The first-order valence-corrected chi connectivity index (χ1v) is 8.85. The van der Waals surface area contributed by atoms with Gasteiger partial charge in [-0.1, -0.05) is 0 Å². The number of imidazole rings is 1. The summed E-state index contributed by atoms with van der Waals surface area (Å²) < 4.78 is 33.0. The van der Waals surface area contributed by atoms with E-state index >= 15 is 0 Å². The first kappa shape index (κ1) is 16.1. The summed E-state index contributed by atoms with van der Waals surface area (Å²) in [5.74, 6) is 0.715. The van der Waals surface area contributed by atoms with E-state index < -0.39 is 10.0 Å². The molecule has 7 nitrogen and oxygen atoms in total. The van der Waals surface area contributed by atoms with Crippen LogP contribution in [0.3, 0.4) is 0 Å². The Hall–Kier alpha value is -2.74. The topological polar surface area (TPSA) is 104 Å². The number of anilines is 1. The van der Waals surface area contributed by atoms with E-state index in [0.717, 1.165) is 5.56 Å². The summed E-state index contributed by atoms with van der Waals surface area (Å²) in [6.07, 6.45) is 0. The second kappa shape index (κ2) is 6.04. The van der Waals surface area contributed by atoms with Gasteiger partial charge in [0.25, 0.3) is 10.0 Å². The third-order valence-electron chi connectivity index (χ3n) is 3.52. The molecule has 0 saturated carbocycles. The van der Waals surface area contributed by atoms with Crippen molar-refractivity contribution in [1.29, 1.82) is 0 Å². The summed E-state index contributed by atoms with van der Waals surface area (Å²) in [7, 11) is -3.76. The number of sulfonamides is 1. The largest absolute Gasteiger partial charge is 0.494 e. The molecule has 0 spiro atoms. The zero-order valence-corrected chi connectivity index (χ0v) is 14.0. The maximum absolute atomic E-state index is 12.5. The third kappa shape index (κ3) is 3.13. The highest BCUT2D eigenvalue weighted by molar-refractivity contribution is 7.92. The molecule has 0 aliphatic rings. The minimum absolute atomic E-state index is 0.0665. The van der Waals surface area contributed by atoms with Crippen molar-refractivity contribution >= 4 is 26.7 Å². The smallest absolute Gasteiger partial charge is 0.323 e. The van der Waals surface area contributed by atoms with Gasteiger partial charge in [-0.15, -0.1) is 0 Å². The lowest BCUT2D eigenvalue weighted by molar-refractivity contribution is 0.338. The zero-order valence-electron chi connectivity index (χ0n) is 13.2. The summed E-state index contributed by atoms with van der Waals surface area (Å²) in [5, 5.41) is 0. The van der Waals surface area contributed by atoms with Crippen molar-refractivity contribution in [2.45, 2.75) is 18.7 Å². The van der Waals surface area contributed by atoms with Crippen LogP contribution in [0.5, 0.6) is 5.75 Å². The molecule has 0 amide bonds. The molecule has 0 aliphatic heterocycles. The minimum Gasteiger partial charge on any atom is -0.494 e. The number of aromatic amines is 2. The van der Waals surface area contributed by atoms with Gasteiger partial charge in [0, 0.05) is 5.69 Å². The van der Waals surface area contributed by atoms with Gasteiger partial charge in [0.2, 0.25) is 0 Å². The van der Waals surface area contributed by atoms with Gasteiger partial charge in [-0.3, -0.25) is 4.72 Å². The van der Waals surface area contributed by atoms with Crippen molar-refractivity contribution < 1.29 is 13.2 Å². The van der Waals surface area contributed by atoms with Crippen LogP contribution in [-0.2, 0) is 10.0 Å². The standard InChI is InChI=1S/C16H17N3O4S/c1-3-23-15-7-4-11(8-10(15)2)19-24(21,22)12-5-6-13-14(9-12)18-16(20)17-13/h4-9,19H,3H2,1-2H3,(H2,17,18,20). The number of ether oxygens (including phenoxy) is 1. The Morgan fingerprint density at radius 1 is 1.08 bits per heavy atom. The predicted molar refractivity (Wildman–Crippen MR) is 92.1 cm³/mol. The number of fused-ring (bicyclic) bond motifs is 1. The van der Waals surface area contributed by atoms with Crippen LogP contribution in [-0.4, -0.2) is 25.0 Å². The summed E-state index contributed by atoms with van der Waals surface area (Å²) in [6, 6.07) is 9.48. The SMILES string of the molecule is CCOc1ccc(NS(=O)(=O)c2ccc3[nH]c(=O)[nH]c3c2)cc1C. The molecule has 0 fully saturated rings. The van der Waals surface area contributed by atoms with Crippen LogP contribution >= 0.6 is 0 Å². The van der Waals surface area contributed by atoms with Crippen LogP contribution in [0, 0.1) is 6.92 Å². The fourth-order valence-electron chi connectivity index (χ4n) is 2.42. The molecule has 3 aromatic rings. The van der Waals surface area contributed by atoms with Crippen LogP contribution in [0.2, 0.25) is 0 Å². The van der Waals surface area contributed by atoms with Crippen molar-refractivity contribution in [2.24, 2.45) is 0 Å². The summed E-state index contributed by atoms with van der Waals surface area (Å²) >= 11 is 0. The number of rotatable bonds is 5. The molecular formula is C16H17N3O4S. The van der Waals surface area contributed by atoms with Crippen LogP contribution in [0.4, 0.5) is 5.69 Å². The van der Waals surface area contributed by atoms with Gasteiger partial charge in [0.05, 0.1) is 22.5 Å². The third-order valence-corrected chi connectivity index (χ3v) is 4.90. The Bertz CT molecular complexity index is 1050. The van der Waals surface area contributed by atoms with E-state index in [1.54, 1.807) is 24.3 Å². The quantitative estimate of drug-likeness (QED) is 0.659.